The maximum absolute atomic E-state index is 13.1. The van der Waals surface area contributed by atoms with E-state index in [4.69, 9.17) is 0 Å². The Hall–Kier alpha value is -2.42. The van der Waals surface area contributed by atoms with E-state index >= 15 is 0 Å². The van der Waals surface area contributed by atoms with Crippen molar-refractivity contribution in [1.29, 1.82) is 0 Å². The van der Waals surface area contributed by atoms with Gasteiger partial charge in [-0.05, 0) is 44.1 Å². The Kier molecular flexibility index (Phi) is 4.86. The average molecular weight is 418 g/mol. The molecule has 4 heterocycles. The summed E-state index contributed by atoms with van der Waals surface area (Å²) in [5.74, 6) is 0. The van der Waals surface area contributed by atoms with E-state index in [0.29, 0.717) is 11.7 Å². The first-order valence-corrected chi connectivity index (χ1v) is 10.4. The van der Waals surface area contributed by atoms with E-state index < -0.39 is 10.0 Å². The Morgan fingerprint density at radius 2 is 1.79 bits per heavy atom. The fourth-order valence-corrected chi connectivity index (χ4v) is 5.17. The molecule has 1 aromatic carbocycles. The number of imidazole rings is 1. The van der Waals surface area contributed by atoms with Crippen LogP contribution < -0.4 is 5.32 Å². The van der Waals surface area contributed by atoms with Gasteiger partial charge in [-0.1, -0.05) is 18.2 Å². The van der Waals surface area contributed by atoms with Crippen LogP contribution in [-0.2, 0) is 10.0 Å². The Morgan fingerprint density at radius 1 is 1.04 bits per heavy atom. The molecule has 0 unspecified atom stereocenters. The summed E-state index contributed by atoms with van der Waals surface area (Å²) in [5.41, 5.74) is 2.17. The zero-order chi connectivity index (χ0) is 18.4. The van der Waals surface area contributed by atoms with Crippen LogP contribution in [-0.4, -0.2) is 40.0 Å². The van der Waals surface area contributed by atoms with Crippen molar-refractivity contribution < 1.29 is 8.42 Å². The fraction of sp³-hybridized carbons (Fsp3) is 0.263. The summed E-state index contributed by atoms with van der Waals surface area (Å²) in [6.45, 7) is 1.95. The van der Waals surface area contributed by atoms with Crippen LogP contribution in [0.5, 0.6) is 0 Å². The van der Waals surface area contributed by atoms with Crippen molar-refractivity contribution in [3.05, 3.63) is 55.1 Å². The highest BCUT2D eigenvalue weighted by molar-refractivity contribution is 7.90. The van der Waals surface area contributed by atoms with Crippen molar-refractivity contribution >= 4 is 44.5 Å². The van der Waals surface area contributed by atoms with E-state index in [1.165, 1.54) is 3.97 Å². The van der Waals surface area contributed by atoms with Gasteiger partial charge in [0.1, 0.15) is 5.52 Å². The number of aromatic nitrogens is 4. The molecule has 3 aromatic heterocycles. The molecule has 7 nitrogen and oxygen atoms in total. The highest BCUT2D eigenvalue weighted by Gasteiger charge is 2.23. The largest absolute Gasteiger partial charge is 0.327 e. The molecule has 0 spiro atoms. The number of hydrogen-bond donors (Lipinski definition) is 1. The third-order valence-corrected chi connectivity index (χ3v) is 6.90. The molecule has 28 heavy (non-hydrogen) atoms. The molecule has 4 aromatic rings. The standard InChI is InChI=1S/C19H19N5O2S.ClH/c25-27(26,15-4-2-1-3-5-15)24-11-8-16-18-17(12-21-19(16)24)22-13-23(18)14-6-9-20-10-7-14;/h1-5,8,11-14,20H,6-7,9-10H2;1H. The van der Waals surface area contributed by atoms with Crippen molar-refractivity contribution in [3.8, 4) is 0 Å². The number of benzene rings is 1. The monoisotopic (exact) mass is 417 g/mol. The Bertz CT molecular complexity index is 1230. The number of nitrogens with zero attached hydrogens (tertiary/aromatic N) is 4. The molecule has 1 saturated heterocycles. The molecule has 0 aliphatic carbocycles. The van der Waals surface area contributed by atoms with E-state index in [1.807, 2.05) is 12.4 Å². The first-order valence-electron chi connectivity index (χ1n) is 9.00. The van der Waals surface area contributed by atoms with Crippen LogP contribution in [0.2, 0.25) is 0 Å². The van der Waals surface area contributed by atoms with E-state index in [0.717, 1.165) is 42.4 Å². The average Bonchev–Trinajstić information content (AvgIpc) is 3.33. The second kappa shape index (κ2) is 7.20. The second-order valence-corrected chi connectivity index (χ2v) is 8.61. The third kappa shape index (κ3) is 2.88. The molecule has 9 heteroatoms. The molecule has 0 radical (unpaired) electrons. The van der Waals surface area contributed by atoms with Gasteiger partial charge >= 0.3 is 0 Å². The smallest absolute Gasteiger partial charge is 0.269 e. The molecule has 0 amide bonds. The molecule has 0 atom stereocenters. The summed E-state index contributed by atoms with van der Waals surface area (Å²) < 4.78 is 29.6. The summed E-state index contributed by atoms with van der Waals surface area (Å²) in [6, 6.07) is 10.6. The van der Waals surface area contributed by atoms with Gasteiger partial charge in [0, 0.05) is 17.6 Å². The predicted molar refractivity (Wildman–Crippen MR) is 110 cm³/mol. The summed E-state index contributed by atoms with van der Waals surface area (Å²) >= 11 is 0. The van der Waals surface area contributed by atoms with Crippen LogP contribution in [0.15, 0.2) is 60.0 Å². The van der Waals surface area contributed by atoms with Gasteiger partial charge in [-0.15, -0.1) is 12.4 Å². The van der Waals surface area contributed by atoms with Gasteiger partial charge in [0.2, 0.25) is 0 Å². The van der Waals surface area contributed by atoms with Gasteiger partial charge in [0.25, 0.3) is 10.0 Å². The number of fused-ring (bicyclic) bond motifs is 3. The Labute approximate surface area is 168 Å². The number of piperidine rings is 1. The molecule has 1 N–H and O–H groups in total. The third-order valence-electron chi connectivity index (χ3n) is 5.21. The number of rotatable bonds is 3. The topological polar surface area (TPSA) is 81.8 Å². The number of nitrogens with one attached hydrogen (secondary N) is 1. The fourth-order valence-electron chi connectivity index (χ4n) is 3.85. The minimum absolute atomic E-state index is 0. The lowest BCUT2D eigenvalue weighted by molar-refractivity contribution is 0.375. The Morgan fingerprint density at radius 3 is 2.54 bits per heavy atom. The van der Waals surface area contributed by atoms with E-state index in [-0.39, 0.29) is 17.3 Å². The van der Waals surface area contributed by atoms with E-state index in [2.05, 4.69) is 19.9 Å². The van der Waals surface area contributed by atoms with Crippen molar-refractivity contribution in [2.75, 3.05) is 13.1 Å². The maximum Gasteiger partial charge on any atom is 0.269 e. The van der Waals surface area contributed by atoms with Crippen LogP contribution in [0, 0.1) is 0 Å². The van der Waals surface area contributed by atoms with Gasteiger partial charge in [0.15, 0.2) is 5.65 Å². The van der Waals surface area contributed by atoms with Crippen molar-refractivity contribution in [3.63, 3.8) is 0 Å². The molecule has 1 aliphatic rings. The molecule has 146 valence electrons. The zero-order valence-corrected chi connectivity index (χ0v) is 16.7. The summed E-state index contributed by atoms with van der Waals surface area (Å²) in [5, 5.41) is 4.18. The van der Waals surface area contributed by atoms with Crippen LogP contribution in [0.3, 0.4) is 0 Å². The van der Waals surface area contributed by atoms with Gasteiger partial charge in [-0.2, -0.15) is 0 Å². The maximum atomic E-state index is 13.1. The lowest BCUT2D eigenvalue weighted by atomic mass is 10.1. The van der Waals surface area contributed by atoms with E-state index in [9.17, 15) is 8.42 Å². The molecule has 5 rings (SSSR count). The van der Waals surface area contributed by atoms with Crippen LogP contribution in [0.1, 0.15) is 18.9 Å². The number of pyridine rings is 1. The van der Waals surface area contributed by atoms with Crippen molar-refractivity contribution in [2.24, 2.45) is 0 Å². The second-order valence-electron chi connectivity index (χ2n) is 6.79. The first kappa shape index (κ1) is 18.9. The summed E-state index contributed by atoms with van der Waals surface area (Å²) in [7, 11) is -3.70. The molecule has 0 saturated carbocycles. The van der Waals surface area contributed by atoms with Gasteiger partial charge in [0.05, 0.1) is 22.9 Å². The lowest BCUT2D eigenvalue weighted by Gasteiger charge is -2.24. The normalized spacial score (nSPS) is 15.7. The van der Waals surface area contributed by atoms with Crippen molar-refractivity contribution in [1.82, 2.24) is 23.8 Å². The molecule has 1 aliphatic heterocycles. The lowest BCUT2D eigenvalue weighted by Crippen LogP contribution is -2.29. The summed E-state index contributed by atoms with van der Waals surface area (Å²) in [4.78, 5) is 9.16. The zero-order valence-electron chi connectivity index (χ0n) is 15.0. The minimum atomic E-state index is -3.70. The molecular weight excluding hydrogens is 398 g/mol. The van der Waals surface area contributed by atoms with Gasteiger partial charge in [-0.25, -0.2) is 22.4 Å². The van der Waals surface area contributed by atoms with Crippen LogP contribution in [0.25, 0.3) is 22.1 Å². The summed E-state index contributed by atoms with van der Waals surface area (Å²) in [6.07, 6.45) is 7.15. The highest BCUT2D eigenvalue weighted by Crippen LogP contribution is 2.30. The highest BCUT2D eigenvalue weighted by atomic mass is 35.5. The Balaban J connectivity index is 0.00000192. The van der Waals surface area contributed by atoms with E-state index in [1.54, 1.807) is 42.7 Å². The van der Waals surface area contributed by atoms with Crippen molar-refractivity contribution in [2.45, 2.75) is 23.8 Å². The number of hydrogen-bond acceptors (Lipinski definition) is 5. The molecular formula is C19H20ClN5O2S. The van der Waals surface area contributed by atoms with Gasteiger partial charge < -0.3 is 9.88 Å². The quantitative estimate of drug-likeness (QED) is 0.554. The van der Waals surface area contributed by atoms with Crippen LogP contribution in [0.4, 0.5) is 0 Å². The minimum Gasteiger partial charge on any atom is -0.327 e. The predicted octanol–water partition coefficient (Wildman–Crippen LogP) is 2.97. The number of halogens is 1. The SMILES string of the molecule is Cl.O=S(=O)(c1ccccc1)n1ccc2c3c(cnc21)ncn3C1CCNCC1. The molecule has 0 bridgehead atoms. The molecule has 1 fully saturated rings. The van der Waals surface area contributed by atoms with Crippen LogP contribution >= 0.6 is 12.4 Å². The first-order chi connectivity index (χ1) is 13.2. The van der Waals surface area contributed by atoms with Gasteiger partial charge in [-0.3, -0.25) is 0 Å².